The Morgan fingerprint density at radius 2 is 1.12 bits per heavy atom. The molecule has 0 N–H and O–H groups in total. The number of hydrogen-bond donors (Lipinski definition) is 0. The van der Waals surface area contributed by atoms with Crippen LogP contribution in [0, 0.1) is 0 Å². The van der Waals surface area contributed by atoms with Crippen molar-refractivity contribution >= 4 is 37.9 Å². The number of hydrogen-bond acceptors (Lipinski definition) is 1. The van der Waals surface area contributed by atoms with Gasteiger partial charge in [0, 0.05) is 27.1 Å². The van der Waals surface area contributed by atoms with E-state index in [9.17, 15) is 0 Å². The third-order valence-electron chi connectivity index (χ3n) is 7.74. The van der Waals surface area contributed by atoms with Crippen LogP contribution in [0.4, 0.5) is 0 Å². The minimum atomic E-state index is 0.233. The maximum absolute atomic E-state index is 6.11. The molecule has 34 heavy (non-hydrogen) atoms. The molecule has 0 saturated carbocycles. The highest BCUT2D eigenvalue weighted by atomic mass is 79.9. The van der Waals surface area contributed by atoms with Crippen molar-refractivity contribution in [3.05, 3.63) is 141 Å². The van der Waals surface area contributed by atoms with Crippen molar-refractivity contribution in [2.24, 2.45) is 0 Å². The zero-order valence-electron chi connectivity index (χ0n) is 18.3. The summed E-state index contributed by atoms with van der Waals surface area (Å²) in [4.78, 5) is 0. The van der Waals surface area contributed by atoms with Gasteiger partial charge in [0.25, 0.3) is 0 Å². The summed E-state index contributed by atoms with van der Waals surface area (Å²) in [7, 11) is 0. The molecule has 2 heteroatoms. The van der Waals surface area contributed by atoms with Crippen molar-refractivity contribution in [3.8, 4) is 11.1 Å². The highest BCUT2D eigenvalue weighted by Crippen LogP contribution is 2.59. The summed E-state index contributed by atoms with van der Waals surface area (Å²) in [6, 6.07) is 37.5. The molecular weight excluding hydrogens is 480 g/mol. The van der Waals surface area contributed by atoms with Crippen LogP contribution in [0.25, 0.3) is 33.1 Å². The SMILES string of the molecule is Brc1ccc(-c2ccc3oc4ccccc4c3c2)c2c1C1c3ccccc3C2c2ccccc21. The van der Waals surface area contributed by atoms with Crippen LogP contribution < -0.4 is 0 Å². The molecule has 160 valence electrons. The zero-order chi connectivity index (χ0) is 22.4. The van der Waals surface area contributed by atoms with Gasteiger partial charge in [0.2, 0.25) is 0 Å². The predicted octanol–water partition coefficient (Wildman–Crippen LogP) is 9.00. The highest BCUT2D eigenvalue weighted by Gasteiger charge is 2.43. The molecular formula is C32H19BrO. The topological polar surface area (TPSA) is 13.1 Å². The van der Waals surface area contributed by atoms with Gasteiger partial charge in [-0.1, -0.05) is 94.8 Å². The largest absolute Gasteiger partial charge is 0.456 e. The zero-order valence-corrected chi connectivity index (χ0v) is 19.8. The number of furan rings is 1. The molecule has 1 nitrogen and oxygen atoms in total. The van der Waals surface area contributed by atoms with E-state index >= 15 is 0 Å². The molecule has 0 spiro atoms. The smallest absolute Gasteiger partial charge is 0.135 e. The van der Waals surface area contributed by atoms with Gasteiger partial charge in [-0.15, -0.1) is 0 Å². The molecule has 2 bridgehead atoms. The van der Waals surface area contributed by atoms with Crippen LogP contribution >= 0.6 is 15.9 Å². The van der Waals surface area contributed by atoms with Gasteiger partial charge in [0.1, 0.15) is 11.2 Å². The molecule has 0 atom stereocenters. The minimum absolute atomic E-state index is 0.233. The summed E-state index contributed by atoms with van der Waals surface area (Å²) >= 11 is 3.95. The normalized spacial score (nSPS) is 17.6. The van der Waals surface area contributed by atoms with E-state index in [1.807, 2.05) is 12.1 Å². The number of fused-ring (bicyclic) bond motifs is 3. The number of benzene rings is 5. The first-order chi connectivity index (χ1) is 16.8. The van der Waals surface area contributed by atoms with Crippen LogP contribution in [0.5, 0.6) is 0 Å². The summed E-state index contributed by atoms with van der Waals surface area (Å²) in [5, 5.41) is 2.34. The van der Waals surface area contributed by atoms with Gasteiger partial charge in [-0.2, -0.15) is 0 Å². The van der Waals surface area contributed by atoms with E-state index in [1.165, 1.54) is 59.8 Å². The Bertz CT molecular complexity index is 1740. The summed E-state index contributed by atoms with van der Waals surface area (Å²) in [6.07, 6.45) is 0. The van der Waals surface area contributed by atoms with Crippen LogP contribution in [0.1, 0.15) is 45.2 Å². The molecule has 9 rings (SSSR count). The van der Waals surface area contributed by atoms with Crippen LogP contribution in [0.2, 0.25) is 0 Å². The monoisotopic (exact) mass is 498 g/mol. The summed E-state index contributed by atoms with van der Waals surface area (Å²) < 4.78 is 7.30. The van der Waals surface area contributed by atoms with Crippen LogP contribution in [-0.4, -0.2) is 0 Å². The molecule has 0 radical (unpaired) electrons. The van der Waals surface area contributed by atoms with Gasteiger partial charge in [-0.25, -0.2) is 0 Å². The molecule has 0 amide bonds. The maximum atomic E-state index is 6.11. The molecule has 3 aliphatic rings. The number of rotatable bonds is 1. The van der Waals surface area contributed by atoms with Crippen LogP contribution in [0.3, 0.4) is 0 Å². The summed E-state index contributed by atoms with van der Waals surface area (Å²) in [5.41, 5.74) is 13.0. The molecule has 6 aromatic rings. The molecule has 3 aliphatic carbocycles. The fourth-order valence-corrected chi connectivity index (χ4v) is 6.96. The number of para-hydroxylation sites is 1. The fraction of sp³-hybridized carbons (Fsp3) is 0.0625. The Kier molecular flexibility index (Phi) is 3.70. The van der Waals surface area contributed by atoms with Crippen molar-refractivity contribution in [2.45, 2.75) is 11.8 Å². The van der Waals surface area contributed by atoms with Gasteiger partial charge < -0.3 is 4.42 Å². The second-order valence-electron chi connectivity index (χ2n) is 9.36. The lowest BCUT2D eigenvalue weighted by Gasteiger charge is -2.43. The van der Waals surface area contributed by atoms with Gasteiger partial charge >= 0.3 is 0 Å². The van der Waals surface area contributed by atoms with E-state index in [2.05, 4.69) is 107 Å². The molecule has 0 fully saturated rings. The lowest BCUT2D eigenvalue weighted by atomic mass is 9.60. The van der Waals surface area contributed by atoms with Crippen LogP contribution in [-0.2, 0) is 0 Å². The second-order valence-corrected chi connectivity index (χ2v) is 10.2. The Morgan fingerprint density at radius 1 is 0.529 bits per heavy atom. The van der Waals surface area contributed by atoms with E-state index in [0.717, 1.165) is 11.2 Å². The molecule has 1 aromatic heterocycles. The van der Waals surface area contributed by atoms with E-state index in [4.69, 9.17) is 4.42 Å². The van der Waals surface area contributed by atoms with Gasteiger partial charge in [0.05, 0.1) is 0 Å². The third-order valence-corrected chi connectivity index (χ3v) is 8.43. The Labute approximate surface area is 205 Å². The van der Waals surface area contributed by atoms with E-state index < -0.39 is 0 Å². The van der Waals surface area contributed by atoms with Crippen molar-refractivity contribution in [1.82, 2.24) is 0 Å². The van der Waals surface area contributed by atoms with E-state index in [-0.39, 0.29) is 11.8 Å². The summed E-state index contributed by atoms with van der Waals surface area (Å²) in [5.74, 6) is 0.483. The summed E-state index contributed by atoms with van der Waals surface area (Å²) in [6.45, 7) is 0. The Balaban J connectivity index is 1.45. The van der Waals surface area contributed by atoms with Crippen molar-refractivity contribution in [1.29, 1.82) is 0 Å². The lowest BCUT2D eigenvalue weighted by molar-refractivity contribution is 0.669. The molecule has 5 aromatic carbocycles. The quantitative estimate of drug-likeness (QED) is 0.220. The standard InChI is InChI=1S/C32H19BrO/c33-26-15-14-19(18-13-16-28-25(17-18)20-7-5-6-12-27(20)34-28)31-29-21-8-1-3-10-23(21)30(32(26)31)24-11-4-2-9-22(24)29/h1-17,29-30H. The van der Waals surface area contributed by atoms with Gasteiger partial charge in [-0.3, -0.25) is 0 Å². The first-order valence-electron chi connectivity index (χ1n) is 11.7. The average Bonchev–Trinajstić information content (AvgIpc) is 3.27. The van der Waals surface area contributed by atoms with Gasteiger partial charge in [-0.05, 0) is 68.8 Å². The third kappa shape index (κ3) is 2.34. The van der Waals surface area contributed by atoms with E-state index in [0.29, 0.717) is 0 Å². The minimum Gasteiger partial charge on any atom is -0.456 e. The Hall–Kier alpha value is -3.62. The van der Waals surface area contributed by atoms with Gasteiger partial charge in [0.15, 0.2) is 0 Å². The molecule has 0 unspecified atom stereocenters. The number of halogens is 1. The first-order valence-corrected chi connectivity index (χ1v) is 12.5. The average molecular weight is 499 g/mol. The highest BCUT2D eigenvalue weighted by molar-refractivity contribution is 9.10. The molecule has 0 saturated heterocycles. The Morgan fingerprint density at radius 3 is 1.82 bits per heavy atom. The fourth-order valence-electron chi connectivity index (χ4n) is 6.39. The predicted molar refractivity (Wildman–Crippen MR) is 142 cm³/mol. The second kappa shape index (κ2) is 6.71. The molecule has 0 aliphatic heterocycles. The lowest BCUT2D eigenvalue weighted by Crippen LogP contribution is -2.28. The van der Waals surface area contributed by atoms with E-state index in [1.54, 1.807) is 0 Å². The maximum Gasteiger partial charge on any atom is 0.135 e. The first kappa shape index (κ1) is 18.8. The molecule has 1 heterocycles. The van der Waals surface area contributed by atoms with Crippen LogP contribution in [0.15, 0.2) is 112 Å². The van der Waals surface area contributed by atoms with Crippen molar-refractivity contribution < 1.29 is 4.42 Å². The van der Waals surface area contributed by atoms with Crippen molar-refractivity contribution in [3.63, 3.8) is 0 Å². The van der Waals surface area contributed by atoms with Crippen molar-refractivity contribution in [2.75, 3.05) is 0 Å².